The minimum atomic E-state index is -0.224. The number of halogens is 2. The maximum atomic E-state index is 13.3. The van der Waals surface area contributed by atoms with Gasteiger partial charge in [-0.2, -0.15) is 0 Å². The van der Waals surface area contributed by atoms with E-state index in [1.807, 2.05) is 13.0 Å². The first kappa shape index (κ1) is 23.1. The molecule has 1 aliphatic heterocycles. The summed E-state index contributed by atoms with van der Waals surface area (Å²) in [5.74, 6) is 1.08. The van der Waals surface area contributed by atoms with Crippen LogP contribution in [0.5, 0.6) is 0 Å². The average molecular weight is 478 g/mol. The minimum Gasteiger partial charge on any atom is -0.379 e. The SMILES string of the molecule is CCNC(=NCc1cccc(F)c1)NCC(C(C)C)N1CCOCC1.I. The van der Waals surface area contributed by atoms with Crippen LogP contribution >= 0.6 is 24.0 Å². The van der Waals surface area contributed by atoms with E-state index in [0.29, 0.717) is 18.5 Å². The number of guanidine groups is 1. The number of benzene rings is 1. The van der Waals surface area contributed by atoms with Crippen LogP contribution in [0.4, 0.5) is 4.39 Å². The zero-order valence-corrected chi connectivity index (χ0v) is 18.3. The van der Waals surface area contributed by atoms with Gasteiger partial charge in [0.05, 0.1) is 19.8 Å². The highest BCUT2D eigenvalue weighted by molar-refractivity contribution is 14.0. The van der Waals surface area contributed by atoms with Crippen molar-refractivity contribution in [3.05, 3.63) is 35.6 Å². The molecule has 7 heteroatoms. The van der Waals surface area contributed by atoms with Crippen molar-refractivity contribution < 1.29 is 9.13 Å². The summed E-state index contributed by atoms with van der Waals surface area (Å²) in [6.45, 7) is 12.2. The first-order valence-electron chi connectivity index (χ1n) is 9.18. The monoisotopic (exact) mass is 478 g/mol. The molecule has 1 aromatic carbocycles. The highest BCUT2D eigenvalue weighted by Gasteiger charge is 2.23. The van der Waals surface area contributed by atoms with E-state index in [1.165, 1.54) is 12.1 Å². The molecule has 0 radical (unpaired) electrons. The number of rotatable bonds is 7. The highest BCUT2D eigenvalue weighted by Crippen LogP contribution is 2.12. The van der Waals surface area contributed by atoms with Gasteiger partial charge < -0.3 is 15.4 Å². The maximum Gasteiger partial charge on any atom is 0.191 e. The Hall–Kier alpha value is -0.930. The molecule has 26 heavy (non-hydrogen) atoms. The Kier molecular flexibility index (Phi) is 11.1. The van der Waals surface area contributed by atoms with Gasteiger partial charge in [-0.1, -0.05) is 26.0 Å². The minimum absolute atomic E-state index is 0. The van der Waals surface area contributed by atoms with Crippen molar-refractivity contribution in [3.63, 3.8) is 0 Å². The summed E-state index contributed by atoms with van der Waals surface area (Å²) in [7, 11) is 0. The second-order valence-corrected chi connectivity index (χ2v) is 6.67. The van der Waals surface area contributed by atoms with E-state index in [4.69, 9.17) is 4.74 Å². The zero-order valence-electron chi connectivity index (χ0n) is 16.0. The van der Waals surface area contributed by atoms with Gasteiger partial charge in [0.15, 0.2) is 5.96 Å². The van der Waals surface area contributed by atoms with Crippen LogP contribution in [-0.2, 0) is 11.3 Å². The Morgan fingerprint density at radius 1 is 1.27 bits per heavy atom. The third-order valence-corrected chi connectivity index (χ3v) is 4.42. The molecule has 148 valence electrons. The molecule has 1 aromatic rings. The Morgan fingerprint density at radius 2 is 2.00 bits per heavy atom. The van der Waals surface area contributed by atoms with E-state index in [2.05, 4.69) is 34.4 Å². The van der Waals surface area contributed by atoms with Crippen molar-refractivity contribution in [2.45, 2.75) is 33.4 Å². The molecule has 2 rings (SSSR count). The molecule has 0 aliphatic carbocycles. The van der Waals surface area contributed by atoms with E-state index in [0.717, 1.165) is 50.9 Å². The summed E-state index contributed by atoms with van der Waals surface area (Å²) in [5, 5.41) is 6.71. The molecule has 0 spiro atoms. The fourth-order valence-electron chi connectivity index (χ4n) is 3.04. The molecule has 0 bridgehead atoms. The van der Waals surface area contributed by atoms with Crippen LogP contribution in [0.25, 0.3) is 0 Å². The highest BCUT2D eigenvalue weighted by atomic mass is 127. The van der Waals surface area contributed by atoms with Crippen molar-refractivity contribution in [1.82, 2.24) is 15.5 Å². The predicted octanol–water partition coefficient (Wildman–Crippen LogP) is 2.86. The Balaban J connectivity index is 0.00000338. The van der Waals surface area contributed by atoms with Crippen LogP contribution in [0.2, 0.25) is 0 Å². The molecule has 0 aromatic heterocycles. The summed E-state index contributed by atoms with van der Waals surface area (Å²) in [4.78, 5) is 7.07. The summed E-state index contributed by atoms with van der Waals surface area (Å²) in [6, 6.07) is 7.01. The summed E-state index contributed by atoms with van der Waals surface area (Å²) >= 11 is 0. The molecule has 2 N–H and O–H groups in total. The third-order valence-electron chi connectivity index (χ3n) is 4.42. The maximum absolute atomic E-state index is 13.3. The van der Waals surface area contributed by atoms with Crippen LogP contribution in [0.15, 0.2) is 29.3 Å². The van der Waals surface area contributed by atoms with E-state index in [1.54, 1.807) is 6.07 Å². The molecule has 1 fully saturated rings. The molecule has 1 unspecified atom stereocenters. The average Bonchev–Trinajstić information content (AvgIpc) is 2.60. The Morgan fingerprint density at radius 3 is 2.62 bits per heavy atom. The lowest BCUT2D eigenvalue weighted by atomic mass is 10.0. The summed E-state index contributed by atoms with van der Waals surface area (Å²) in [5.41, 5.74) is 0.866. The molecule has 1 heterocycles. The van der Waals surface area contributed by atoms with Crippen molar-refractivity contribution in [1.29, 1.82) is 0 Å². The van der Waals surface area contributed by atoms with Gasteiger partial charge in [0.25, 0.3) is 0 Å². The molecule has 0 saturated carbocycles. The van der Waals surface area contributed by atoms with Gasteiger partial charge in [-0.15, -0.1) is 24.0 Å². The molecular formula is C19H32FIN4O. The Bertz CT molecular complexity index is 550. The van der Waals surface area contributed by atoms with Crippen molar-refractivity contribution in [2.24, 2.45) is 10.9 Å². The fourth-order valence-corrected chi connectivity index (χ4v) is 3.04. The van der Waals surface area contributed by atoms with E-state index >= 15 is 0 Å². The molecule has 1 saturated heterocycles. The van der Waals surface area contributed by atoms with Gasteiger partial charge in [0, 0.05) is 32.2 Å². The number of hydrogen-bond acceptors (Lipinski definition) is 3. The molecule has 1 aliphatic rings. The third kappa shape index (κ3) is 7.75. The Labute approximate surface area is 173 Å². The summed E-state index contributed by atoms with van der Waals surface area (Å²) in [6.07, 6.45) is 0. The van der Waals surface area contributed by atoms with Crippen LogP contribution in [0, 0.1) is 11.7 Å². The number of nitrogens with zero attached hydrogens (tertiary/aromatic N) is 2. The lowest BCUT2D eigenvalue weighted by Gasteiger charge is -2.37. The van der Waals surface area contributed by atoms with Crippen molar-refractivity contribution in [2.75, 3.05) is 39.4 Å². The first-order chi connectivity index (χ1) is 12.1. The molecule has 1 atom stereocenters. The largest absolute Gasteiger partial charge is 0.379 e. The fraction of sp³-hybridized carbons (Fsp3) is 0.632. The summed E-state index contributed by atoms with van der Waals surface area (Å²) < 4.78 is 18.8. The van der Waals surface area contributed by atoms with Crippen LogP contribution in [-0.4, -0.2) is 56.3 Å². The van der Waals surface area contributed by atoms with E-state index in [9.17, 15) is 4.39 Å². The van der Waals surface area contributed by atoms with Gasteiger partial charge in [-0.3, -0.25) is 4.90 Å². The molecular weight excluding hydrogens is 446 g/mol. The lowest BCUT2D eigenvalue weighted by molar-refractivity contribution is 0.00752. The molecule has 5 nitrogen and oxygen atoms in total. The van der Waals surface area contributed by atoms with Crippen LogP contribution in [0.1, 0.15) is 26.3 Å². The van der Waals surface area contributed by atoms with Gasteiger partial charge in [-0.05, 0) is 30.5 Å². The quantitative estimate of drug-likeness (QED) is 0.360. The van der Waals surface area contributed by atoms with Crippen LogP contribution in [0.3, 0.4) is 0 Å². The van der Waals surface area contributed by atoms with Gasteiger partial charge >= 0.3 is 0 Å². The van der Waals surface area contributed by atoms with E-state index < -0.39 is 0 Å². The molecule has 0 amide bonds. The van der Waals surface area contributed by atoms with Gasteiger partial charge in [-0.25, -0.2) is 9.38 Å². The lowest BCUT2D eigenvalue weighted by Crippen LogP contribution is -2.52. The van der Waals surface area contributed by atoms with Crippen molar-refractivity contribution in [3.8, 4) is 0 Å². The number of morpholine rings is 1. The smallest absolute Gasteiger partial charge is 0.191 e. The number of nitrogens with one attached hydrogen (secondary N) is 2. The van der Waals surface area contributed by atoms with Gasteiger partial charge in [0.2, 0.25) is 0 Å². The topological polar surface area (TPSA) is 48.9 Å². The number of ether oxygens (including phenoxy) is 1. The second-order valence-electron chi connectivity index (χ2n) is 6.67. The zero-order chi connectivity index (χ0) is 18.1. The van der Waals surface area contributed by atoms with Crippen molar-refractivity contribution >= 4 is 29.9 Å². The standard InChI is InChI=1S/C19H31FN4O.HI/c1-4-21-19(22-13-16-6-5-7-17(20)12-16)23-14-18(15(2)3)24-8-10-25-11-9-24;/h5-7,12,15,18H,4,8-11,13-14H2,1-3H3,(H2,21,22,23);1H. The van der Waals surface area contributed by atoms with Crippen LogP contribution < -0.4 is 10.6 Å². The first-order valence-corrected chi connectivity index (χ1v) is 9.18. The number of hydrogen-bond donors (Lipinski definition) is 2. The number of aliphatic imine (C=N–C) groups is 1. The predicted molar refractivity (Wildman–Crippen MR) is 116 cm³/mol. The van der Waals surface area contributed by atoms with Gasteiger partial charge in [0.1, 0.15) is 5.82 Å². The van der Waals surface area contributed by atoms with E-state index in [-0.39, 0.29) is 29.8 Å². The normalized spacial score (nSPS) is 16.9. The second kappa shape index (κ2) is 12.5.